The van der Waals surface area contributed by atoms with E-state index in [2.05, 4.69) is 5.32 Å². The average molecular weight is 283 g/mol. The summed E-state index contributed by atoms with van der Waals surface area (Å²) in [6, 6.07) is -0.326. The topological polar surface area (TPSA) is 72.9 Å². The number of aliphatic hydroxyl groups is 1. The van der Waals surface area contributed by atoms with Crippen molar-refractivity contribution in [2.24, 2.45) is 0 Å². The molecular formula is C14H25N3O3. The lowest BCUT2D eigenvalue weighted by Gasteiger charge is -2.29. The molecule has 0 radical (unpaired) electrons. The Labute approximate surface area is 120 Å². The van der Waals surface area contributed by atoms with Gasteiger partial charge in [0.05, 0.1) is 5.60 Å². The van der Waals surface area contributed by atoms with Gasteiger partial charge in [0, 0.05) is 19.6 Å². The first kappa shape index (κ1) is 15.3. The van der Waals surface area contributed by atoms with Crippen LogP contribution in [0.3, 0.4) is 0 Å². The highest BCUT2D eigenvalue weighted by atomic mass is 16.3. The van der Waals surface area contributed by atoms with Crippen molar-refractivity contribution in [2.45, 2.75) is 50.7 Å². The van der Waals surface area contributed by atoms with Gasteiger partial charge in [-0.2, -0.15) is 0 Å². The zero-order valence-electron chi connectivity index (χ0n) is 12.6. The summed E-state index contributed by atoms with van der Waals surface area (Å²) in [5.74, 6) is -0.185. The quantitative estimate of drug-likeness (QED) is 0.723. The van der Waals surface area contributed by atoms with Crippen LogP contribution in [-0.2, 0) is 4.79 Å². The summed E-state index contributed by atoms with van der Waals surface area (Å²) in [5.41, 5.74) is -1.40. The van der Waals surface area contributed by atoms with Crippen molar-refractivity contribution in [1.29, 1.82) is 0 Å². The lowest BCUT2D eigenvalue weighted by molar-refractivity contribution is -0.130. The third-order valence-corrected chi connectivity index (χ3v) is 4.25. The van der Waals surface area contributed by atoms with Crippen LogP contribution in [0.2, 0.25) is 0 Å². The molecule has 6 nitrogen and oxygen atoms in total. The number of amides is 3. The van der Waals surface area contributed by atoms with Gasteiger partial charge in [0.25, 0.3) is 5.91 Å². The van der Waals surface area contributed by atoms with Crippen molar-refractivity contribution in [3.8, 4) is 0 Å². The number of urea groups is 1. The smallest absolute Gasteiger partial charge is 0.325 e. The van der Waals surface area contributed by atoms with Crippen LogP contribution in [0.15, 0.2) is 0 Å². The van der Waals surface area contributed by atoms with Crippen LogP contribution in [0.1, 0.15) is 39.5 Å². The fourth-order valence-electron chi connectivity index (χ4n) is 3.06. The molecule has 2 aliphatic rings. The number of rotatable bonds is 5. The van der Waals surface area contributed by atoms with E-state index in [0.29, 0.717) is 19.6 Å². The molecule has 20 heavy (non-hydrogen) atoms. The highest BCUT2D eigenvalue weighted by Gasteiger charge is 2.44. The minimum Gasteiger partial charge on any atom is -0.389 e. The van der Waals surface area contributed by atoms with E-state index in [9.17, 15) is 14.7 Å². The Hall–Kier alpha value is -1.14. The maximum absolute atomic E-state index is 12.0. The summed E-state index contributed by atoms with van der Waals surface area (Å²) in [7, 11) is 1.92. The molecule has 2 fully saturated rings. The van der Waals surface area contributed by atoms with E-state index in [1.54, 1.807) is 13.8 Å². The first-order valence-electron chi connectivity index (χ1n) is 7.29. The monoisotopic (exact) mass is 283 g/mol. The molecule has 0 unspecified atom stereocenters. The van der Waals surface area contributed by atoms with Gasteiger partial charge in [-0.05, 0) is 33.7 Å². The number of carbonyl (C=O) groups is 2. The molecule has 1 saturated heterocycles. The molecule has 0 aromatic carbocycles. The van der Waals surface area contributed by atoms with Crippen molar-refractivity contribution in [2.75, 3.05) is 26.7 Å². The molecule has 1 aliphatic carbocycles. The van der Waals surface area contributed by atoms with Crippen molar-refractivity contribution >= 4 is 11.9 Å². The summed E-state index contributed by atoms with van der Waals surface area (Å²) in [5, 5.41) is 13.0. The SMILES string of the molecule is CN(CCN1C(=O)NC(C)(C)C1=O)CC1(O)CCCC1. The highest BCUT2D eigenvalue weighted by Crippen LogP contribution is 2.29. The van der Waals surface area contributed by atoms with Gasteiger partial charge in [0.15, 0.2) is 0 Å². The van der Waals surface area contributed by atoms with E-state index in [0.717, 1.165) is 25.7 Å². The maximum Gasteiger partial charge on any atom is 0.325 e. The number of carbonyl (C=O) groups excluding carboxylic acids is 2. The summed E-state index contributed by atoms with van der Waals surface area (Å²) in [4.78, 5) is 27.0. The van der Waals surface area contributed by atoms with Crippen molar-refractivity contribution < 1.29 is 14.7 Å². The van der Waals surface area contributed by atoms with Crippen LogP contribution >= 0.6 is 0 Å². The van der Waals surface area contributed by atoms with E-state index >= 15 is 0 Å². The van der Waals surface area contributed by atoms with Gasteiger partial charge in [-0.3, -0.25) is 9.69 Å². The van der Waals surface area contributed by atoms with Crippen LogP contribution < -0.4 is 5.32 Å². The Balaban J connectivity index is 1.83. The zero-order chi connectivity index (χ0) is 15.0. The maximum atomic E-state index is 12.0. The van der Waals surface area contributed by atoms with Gasteiger partial charge >= 0.3 is 6.03 Å². The van der Waals surface area contributed by atoms with Gasteiger partial charge in [-0.15, -0.1) is 0 Å². The average Bonchev–Trinajstić information content (AvgIpc) is 2.81. The molecule has 114 valence electrons. The van der Waals surface area contributed by atoms with Gasteiger partial charge in [0.1, 0.15) is 5.54 Å². The van der Waals surface area contributed by atoms with E-state index < -0.39 is 11.1 Å². The van der Waals surface area contributed by atoms with Crippen LogP contribution in [0.5, 0.6) is 0 Å². The van der Waals surface area contributed by atoms with Gasteiger partial charge in [-0.25, -0.2) is 4.79 Å². The molecule has 0 bridgehead atoms. The molecule has 0 spiro atoms. The minimum atomic E-state index is -0.806. The summed E-state index contributed by atoms with van der Waals surface area (Å²) < 4.78 is 0. The van der Waals surface area contributed by atoms with Crippen LogP contribution in [0.25, 0.3) is 0 Å². The van der Waals surface area contributed by atoms with Crippen LogP contribution in [0.4, 0.5) is 4.79 Å². The van der Waals surface area contributed by atoms with Gasteiger partial charge in [-0.1, -0.05) is 12.8 Å². The Morgan fingerprint density at radius 3 is 2.40 bits per heavy atom. The second-order valence-electron chi connectivity index (χ2n) is 6.68. The highest BCUT2D eigenvalue weighted by molar-refractivity contribution is 6.06. The zero-order valence-corrected chi connectivity index (χ0v) is 12.6. The first-order valence-corrected chi connectivity index (χ1v) is 7.29. The number of likely N-dealkylation sites (N-methyl/N-ethyl adjacent to an activating group) is 1. The number of nitrogens with zero attached hydrogens (tertiary/aromatic N) is 2. The molecule has 0 atom stereocenters. The van der Waals surface area contributed by atoms with Crippen molar-refractivity contribution in [3.05, 3.63) is 0 Å². The Morgan fingerprint density at radius 1 is 1.30 bits per heavy atom. The fourth-order valence-corrected chi connectivity index (χ4v) is 3.06. The molecular weight excluding hydrogens is 258 g/mol. The molecule has 1 aliphatic heterocycles. The predicted molar refractivity (Wildman–Crippen MR) is 75.2 cm³/mol. The number of imide groups is 1. The van der Waals surface area contributed by atoms with E-state index in [1.165, 1.54) is 4.90 Å². The lowest BCUT2D eigenvalue weighted by Crippen LogP contribution is -2.44. The second kappa shape index (κ2) is 5.33. The number of nitrogens with one attached hydrogen (secondary N) is 1. The first-order chi connectivity index (χ1) is 9.23. The molecule has 1 saturated carbocycles. The third kappa shape index (κ3) is 3.12. The van der Waals surface area contributed by atoms with E-state index in [1.807, 2.05) is 11.9 Å². The molecule has 6 heteroatoms. The number of hydrogen-bond acceptors (Lipinski definition) is 4. The summed E-state index contributed by atoms with van der Waals surface area (Å²) >= 11 is 0. The van der Waals surface area contributed by atoms with Gasteiger partial charge < -0.3 is 15.3 Å². The van der Waals surface area contributed by atoms with E-state index in [-0.39, 0.29) is 11.9 Å². The van der Waals surface area contributed by atoms with Crippen molar-refractivity contribution in [3.63, 3.8) is 0 Å². The summed E-state index contributed by atoms with van der Waals surface area (Å²) in [6.45, 7) is 4.95. The molecule has 1 heterocycles. The van der Waals surface area contributed by atoms with Crippen LogP contribution in [0, 0.1) is 0 Å². The summed E-state index contributed by atoms with van der Waals surface area (Å²) in [6.07, 6.45) is 3.83. The second-order valence-corrected chi connectivity index (χ2v) is 6.68. The fraction of sp³-hybridized carbons (Fsp3) is 0.857. The van der Waals surface area contributed by atoms with Gasteiger partial charge in [0.2, 0.25) is 0 Å². The Kier molecular flexibility index (Phi) is 4.07. The van der Waals surface area contributed by atoms with E-state index in [4.69, 9.17) is 0 Å². The molecule has 0 aromatic heterocycles. The Morgan fingerprint density at radius 2 is 1.90 bits per heavy atom. The predicted octanol–water partition coefficient (Wildman–Crippen LogP) is 0.554. The van der Waals surface area contributed by atoms with Crippen LogP contribution in [-0.4, -0.2) is 64.7 Å². The minimum absolute atomic E-state index is 0.185. The van der Waals surface area contributed by atoms with Crippen molar-refractivity contribution in [1.82, 2.24) is 15.1 Å². The number of hydrogen-bond donors (Lipinski definition) is 2. The molecule has 2 rings (SSSR count). The molecule has 3 amide bonds. The lowest BCUT2D eigenvalue weighted by atomic mass is 10.0. The largest absolute Gasteiger partial charge is 0.389 e. The molecule has 0 aromatic rings. The third-order valence-electron chi connectivity index (χ3n) is 4.25. The normalized spacial score (nSPS) is 24.6. The standard InChI is InChI=1S/C14H25N3O3/c1-13(2)11(18)17(12(19)15-13)9-8-16(3)10-14(20)6-4-5-7-14/h20H,4-10H2,1-3H3,(H,15,19). The molecule has 2 N–H and O–H groups in total. The Bertz CT molecular complexity index is 402.